The molecule has 2 rings (SSSR count). The number of carbonyl (C=O) groups is 1. The van der Waals surface area contributed by atoms with Crippen LogP contribution in [-0.4, -0.2) is 35.4 Å². The summed E-state index contributed by atoms with van der Waals surface area (Å²) in [4.78, 5) is 22.3. The lowest BCUT2D eigenvalue weighted by Gasteiger charge is -2.10. The molecule has 0 atom stereocenters. The van der Waals surface area contributed by atoms with Crippen LogP contribution in [0.4, 0.5) is 5.69 Å². The van der Waals surface area contributed by atoms with Crippen molar-refractivity contribution in [2.75, 3.05) is 13.2 Å². The number of non-ortho nitro benzene ring substituents is 1. The molecule has 0 spiro atoms. The Morgan fingerprint density at radius 2 is 1.96 bits per heavy atom. The molecule has 0 aliphatic carbocycles. The molecular weight excluding hydrogens is 366 g/mol. The Morgan fingerprint density at radius 3 is 2.57 bits per heavy atom. The number of hydrogen-bond acceptors (Lipinski definition) is 7. The first kappa shape index (κ1) is 20.7. The third-order valence-corrected chi connectivity index (χ3v) is 3.75. The van der Waals surface area contributed by atoms with Crippen LogP contribution in [0.25, 0.3) is 0 Å². The summed E-state index contributed by atoms with van der Waals surface area (Å²) >= 11 is 0. The highest BCUT2D eigenvalue weighted by atomic mass is 16.6. The van der Waals surface area contributed by atoms with E-state index < -0.39 is 10.8 Å². The number of aromatic hydroxyl groups is 1. The number of nitro benzene ring substituents is 1. The lowest BCUT2D eigenvalue weighted by Crippen LogP contribution is -2.25. The SMILES string of the molecule is CCOc1cc([N+](=O)[O-])cc(/C=N/NC(=O)COc2c(C)cccc2C)c1O. The van der Waals surface area contributed by atoms with Crippen molar-refractivity contribution < 1.29 is 24.3 Å². The Morgan fingerprint density at radius 1 is 1.29 bits per heavy atom. The number of ether oxygens (including phenoxy) is 2. The molecule has 0 fully saturated rings. The Labute approximate surface area is 161 Å². The van der Waals surface area contributed by atoms with Crippen molar-refractivity contribution in [3.05, 3.63) is 57.1 Å². The van der Waals surface area contributed by atoms with E-state index in [4.69, 9.17) is 9.47 Å². The smallest absolute Gasteiger partial charge is 0.277 e. The summed E-state index contributed by atoms with van der Waals surface area (Å²) in [6, 6.07) is 7.89. The number of phenols is 1. The van der Waals surface area contributed by atoms with Gasteiger partial charge in [-0.1, -0.05) is 18.2 Å². The molecule has 2 aromatic carbocycles. The third-order valence-electron chi connectivity index (χ3n) is 3.75. The van der Waals surface area contributed by atoms with Gasteiger partial charge < -0.3 is 14.6 Å². The number of hydrogen-bond donors (Lipinski definition) is 2. The van der Waals surface area contributed by atoms with E-state index in [2.05, 4.69) is 10.5 Å². The molecule has 28 heavy (non-hydrogen) atoms. The molecule has 0 aliphatic heterocycles. The molecule has 0 aliphatic rings. The standard InChI is InChI=1S/C19H21N3O6/c1-4-27-16-9-15(22(25)26)8-14(18(16)24)10-20-21-17(23)11-28-19-12(2)6-5-7-13(19)3/h5-10,24H,4,11H2,1-3H3,(H,21,23)/b20-10+. The maximum atomic E-state index is 11.9. The van der Waals surface area contributed by atoms with Crippen molar-refractivity contribution in [2.45, 2.75) is 20.8 Å². The van der Waals surface area contributed by atoms with Crippen LogP contribution in [-0.2, 0) is 4.79 Å². The van der Waals surface area contributed by atoms with Gasteiger partial charge in [0.1, 0.15) is 5.75 Å². The second-order valence-corrected chi connectivity index (χ2v) is 5.87. The molecule has 0 bridgehead atoms. The fourth-order valence-electron chi connectivity index (χ4n) is 2.45. The number of nitrogens with zero attached hydrogens (tertiary/aromatic N) is 2. The molecule has 2 N–H and O–H groups in total. The zero-order valence-corrected chi connectivity index (χ0v) is 15.8. The van der Waals surface area contributed by atoms with Crippen molar-refractivity contribution in [3.8, 4) is 17.2 Å². The van der Waals surface area contributed by atoms with Gasteiger partial charge in [0.25, 0.3) is 11.6 Å². The second kappa shape index (κ2) is 9.36. The lowest BCUT2D eigenvalue weighted by atomic mass is 10.1. The summed E-state index contributed by atoms with van der Waals surface area (Å²) in [5.41, 5.74) is 3.82. The van der Waals surface area contributed by atoms with E-state index in [1.165, 1.54) is 0 Å². The van der Waals surface area contributed by atoms with Gasteiger partial charge in [-0.25, -0.2) is 5.43 Å². The first-order chi connectivity index (χ1) is 13.3. The van der Waals surface area contributed by atoms with Crippen LogP contribution >= 0.6 is 0 Å². The van der Waals surface area contributed by atoms with Crippen molar-refractivity contribution in [1.82, 2.24) is 5.43 Å². The predicted molar refractivity (Wildman–Crippen MR) is 103 cm³/mol. The molecule has 1 amide bonds. The topological polar surface area (TPSA) is 123 Å². The monoisotopic (exact) mass is 387 g/mol. The number of phenolic OH excluding ortho intramolecular Hbond substituents is 1. The van der Waals surface area contributed by atoms with Gasteiger partial charge >= 0.3 is 0 Å². The van der Waals surface area contributed by atoms with Gasteiger partial charge in [0.2, 0.25) is 0 Å². The first-order valence-electron chi connectivity index (χ1n) is 8.48. The molecule has 9 heteroatoms. The lowest BCUT2D eigenvalue weighted by molar-refractivity contribution is -0.385. The number of nitro groups is 1. The van der Waals surface area contributed by atoms with E-state index in [0.29, 0.717) is 5.75 Å². The predicted octanol–water partition coefficient (Wildman–Crippen LogP) is 2.85. The molecule has 0 radical (unpaired) electrons. The molecule has 148 valence electrons. The number of nitrogens with one attached hydrogen (secondary N) is 1. The van der Waals surface area contributed by atoms with Crippen molar-refractivity contribution in [3.63, 3.8) is 0 Å². The van der Waals surface area contributed by atoms with Crippen LogP contribution in [0, 0.1) is 24.0 Å². The summed E-state index contributed by atoms with van der Waals surface area (Å²) in [7, 11) is 0. The first-order valence-corrected chi connectivity index (χ1v) is 8.48. The number of aryl methyl sites for hydroxylation is 2. The molecule has 0 saturated carbocycles. The van der Waals surface area contributed by atoms with E-state index in [0.717, 1.165) is 29.5 Å². The minimum absolute atomic E-state index is 0.0358. The summed E-state index contributed by atoms with van der Waals surface area (Å²) in [5.74, 6) is -0.242. The molecule has 0 heterocycles. The van der Waals surface area contributed by atoms with Crippen LogP contribution in [0.3, 0.4) is 0 Å². The number of carbonyl (C=O) groups excluding carboxylic acids is 1. The zero-order valence-electron chi connectivity index (χ0n) is 15.8. The summed E-state index contributed by atoms with van der Waals surface area (Å²) in [6.45, 7) is 5.40. The highest BCUT2D eigenvalue weighted by Gasteiger charge is 2.16. The van der Waals surface area contributed by atoms with Crippen LogP contribution in [0.15, 0.2) is 35.4 Å². The maximum Gasteiger partial charge on any atom is 0.277 e. The van der Waals surface area contributed by atoms with Crippen LogP contribution < -0.4 is 14.9 Å². The van der Waals surface area contributed by atoms with E-state index in [9.17, 15) is 20.0 Å². The number of amides is 1. The minimum atomic E-state index is -0.615. The molecule has 0 aromatic heterocycles. The molecular formula is C19H21N3O6. The average Bonchev–Trinajstić information content (AvgIpc) is 2.64. The van der Waals surface area contributed by atoms with E-state index in [-0.39, 0.29) is 36.0 Å². The Kier molecular flexibility index (Phi) is 6.91. The van der Waals surface area contributed by atoms with Crippen LogP contribution in [0.2, 0.25) is 0 Å². The summed E-state index contributed by atoms with van der Waals surface area (Å²) in [6.07, 6.45) is 1.10. The quantitative estimate of drug-likeness (QED) is 0.408. The van der Waals surface area contributed by atoms with E-state index >= 15 is 0 Å². The fourth-order valence-corrected chi connectivity index (χ4v) is 2.45. The third kappa shape index (κ3) is 5.19. The van der Waals surface area contributed by atoms with Gasteiger partial charge in [-0.2, -0.15) is 5.10 Å². The molecule has 0 saturated heterocycles. The van der Waals surface area contributed by atoms with Crippen LogP contribution in [0.1, 0.15) is 23.6 Å². The normalized spacial score (nSPS) is 10.7. The second-order valence-electron chi connectivity index (χ2n) is 5.87. The van der Waals surface area contributed by atoms with E-state index in [1.54, 1.807) is 6.92 Å². The number of hydrazone groups is 1. The molecule has 0 unspecified atom stereocenters. The van der Waals surface area contributed by atoms with Crippen LogP contribution in [0.5, 0.6) is 17.2 Å². The number of para-hydroxylation sites is 1. The summed E-state index contributed by atoms with van der Waals surface area (Å²) < 4.78 is 10.7. The van der Waals surface area contributed by atoms with Crippen molar-refractivity contribution in [2.24, 2.45) is 5.10 Å². The Bertz CT molecular complexity index is 891. The van der Waals surface area contributed by atoms with Gasteiger partial charge in [-0.3, -0.25) is 14.9 Å². The summed E-state index contributed by atoms with van der Waals surface area (Å²) in [5, 5.41) is 24.9. The average molecular weight is 387 g/mol. The zero-order chi connectivity index (χ0) is 20.7. The van der Waals surface area contributed by atoms with Gasteiger partial charge in [0.05, 0.1) is 23.8 Å². The minimum Gasteiger partial charge on any atom is -0.504 e. The Balaban J connectivity index is 2.05. The fraction of sp³-hybridized carbons (Fsp3) is 0.263. The molecule has 9 nitrogen and oxygen atoms in total. The van der Waals surface area contributed by atoms with Gasteiger partial charge in [-0.15, -0.1) is 0 Å². The van der Waals surface area contributed by atoms with Crippen molar-refractivity contribution >= 4 is 17.8 Å². The maximum absolute atomic E-state index is 11.9. The van der Waals surface area contributed by atoms with Gasteiger partial charge in [0, 0.05) is 11.6 Å². The largest absolute Gasteiger partial charge is 0.504 e. The number of benzene rings is 2. The highest BCUT2D eigenvalue weighted by molar-refractivity contribution is 5.87. The highest BCUT2D eigenvalue weighted by Crippen LogP contribution is 2.33. The number of rotatable bonds is 8. The molecule has 2 aromatic rings. The van der Waals surface area contributed by atoms with E-state index in [1.807, 2.05) is 32.0 Å². The van der Waals surface area contributed by atoms with Crippen molar-refractivity contribution in [1.29, 1.82) is 0 Å². The van der Waals surface area contributed by atoms with Gasteiger partial charge in [-0.05, 0) is 31.9 Å². The Hall–Kier alpha value is -3.62. The van der Waals surface area contributed by atoms with Gasteiger partial charge in [0.15, 0.2) is 18.1 Å².